The van der Waals surface area contributed by atoms with E-state index < -0.39 is 5.92 Å². The van der Waals surface area contributed by atoms with Crippen molar-refractivity contribution in [1.29, 1.82) is 0 Å². The lowest BCUT2D eigenvalue weighted by Gasteiger charge is -2.18. The van der Waals surface area contributed by atoms with Gasteiger partial charge in [0.1, 0.15) is 5.92 Å². The second-order valence-corrected chi connectivity index (χ2v) is 7.76. The van der Waals surface area contributed by atoms with E-state index in [0.717, 1.165) is 15.9 Å². The van der Waals surface area contributed by atoms with Crippen LogP contribution in [-0.4, -0.2) is 30.7 Å². The molecule has 0 radical (unpaired) electrons. The van der Waals surface area contributed by atoms with Crippen LogP contribution >= 0.6 is 27.7 Å². The number of anilines is 1. The van der Waals surface area contributed by atoms with Gasteiger partial charge in [-0.3, -0.25) is 9.59 Å². The fraction of sp³-hybridized carbons (Fsp3) is 0.263. The van der Waals surface area contributed by atoms with Crippen LogP contribution in [0.2, 0.25) is 0 Å². The van der Waals surface area contributed by atoms with Crippen LogP contribution < -0.4 is 10.2 Å². The number of nitrogens with zero attached hydrogens (tertiary/aromatic N) is 1. The van der Waals surface area contributed by atoms with Gasteiger partial charge in [0.15, 0.2) is 0 Å². The molecule has 0 saturated carbocycles. The number of hydrogen-bond acceptors (Lipinski definition) is 3. The number of hydrogen-bond donors (Lipinski definition) is 1. The molecule has 1 atom stereocenters. The maximum atomic E-state index is 12.6. The van der Waals surface area contributed by atoms with Crippen molar-refractivity contribution in [3.05, 3.63) is 59.1 Å². The fourth-order valence-electron chi connectivity index (χ4n) is 2.82. The molecule has 2 amide bonds. The number of para-hydroxylation sites is 1. The summed E-state index contributed by atoms with van der Waals surface area (Å²) < 4.78 is 0.865. The van der Waals surface area contributed by atoms with E-state index >= 15 is 0 Å². The van der Waals surface area contributed by atoms with Gasteiger partial charge in [-0.2, -0.15) is 0 Å². The molecule has 0 aromatic heterocycles. The molecule has 1 aliphatic heterocycles. The average molecular weight is 419 g/mol. The molecular weight excluding hydrogens is 400 g/mol. The third kappa shape index (κ3) is 4.44. The Bertz CT molecular complexity index is 754. The molecule has 1 aliphatic rings. The van der Waals surface area contributed by atoms with Gasteiger partial charge in [0.25, 0.3) is 0 Å². The lowest BCUT2D eigenvalue weighted by Crippen LogP contribution is -2.37. The predicted molar refractivity (Wildman–Crippen MR) is 105 cm³/mol. The fourth-order valence-corrected chi connectivity index (χ4v) is 4.10. The van der Waals surface area contributed by atoms with Gasteiger partial charge in [-0.15, -0.1) is 11.8 Å². The van der Waals surface area contributed by atoms with Gasteiger partial charge >= 0.3 is 0 Å². The predicted octanol–water partition coefficient (Wildman–Crippen LogP) is 3.71. The van der Waals surface area contributed by atoms with Crippen molar-refractivity contribution in [2.75, 3.05) is 23.7 Å². The Labute approximate surface area is 160 Å². The van der Waals surface area contributed by atoms with Crippen molar-refractivity contribution in [3.63, 3.8) is 0 Å². The highest BCUT2D eigenvalue weighted by molar-refractivity contribution is 9.10. The van der Waals surface area contributed by atoms with Crippen LogP contribution in [0, 0.1) is 5.92 Å². The molecule has 4 nitrogen and oxygen atoms in total. The summed E-state index contributed by atoms with van der Waals surface area (Å²) in [6, 6.07) is 17.6. The average Bonchev–Trinajstić information content (AvgIpc) is 3.01. The van der Waals surface area contributed by atoms with Crippen molar-refractivity contribution in [3.8, 4) is 0 Å². The van der Waals surface area contributed by atoms with Crippen LogP contribution in [0.15, 0.2) is 64.0 Å². The largest absolute Gasteiger partial charge is 0.355 e. The number of halogens is 1. The first-order chi connectivity index (χ1) is 12.2. The van der Waals surface area contributed by atoms with Gasteiger partial charge in [-0.1, -0.05) is 30.3 Å². The van der Waals surface area contributed by atoms with E-state index in [9.17, 15) is 9.59 Å². The normalized spacial score (nSPS) is 16.9. The topological polar surface area (TPSA) is 49.4 Å². The Morgan fingerprint density at radius 1 is 1.16 bits per heavy atom. The van der Waals surface area contributed by atoms with Crippen LogP contribution in [0.1, 0.15) is 6.42 Å². The van der Waals surface area contributed by atoms with Gasteiger partial charge in [-0.05, 0) is 46.6 Å². The molecule has 0 spiro atoms. The minimum absolute atomic E-state index is 0.125. The first-order valence-electron chi connectivity index (χ1n) is 8.18. The highest BCUT2D eigenvalue weighted by atomic mass is 79.9. The molecule has 2 aromatic carbocycles. The summed E-state index contributed by atoms with van der Waals surface area (Å²) >= 11 is 5.16. The van der Waals surface area contributed by atoms with E-state index in [2.05, 4.69) is 21.2 Å². The molecule has 1 heterocycles. The molecule has 6 heteroatoms. The highest BCUT2D eigenvalue weighted by Crippen LogP contribution is 2.31. The first kappa shape index (κ1) is 18.0. The van der Waals surface area contributed by atoms with Crippen LogP contribution in [0.25, 0.3) is 0 Å². The Hall–Kier alpha value is -1.79. The third-order valence-electron chi connectivity index (χ3n) is 4.08. The molecule has 3 rings (SSSR count). The van der Waals surface area contributed by atoms with Gasteiger partial charge in [0.05, 0.1) is 5.69 Å². The summed E-state index contributed by atoms with van der Waals surface area (Å²) in [4.78, 5) is 27.8. The number of benzene rings is 2. The van der Waals surface area contributed by atoms with Crippen molar-refractivity contribution >= 4 is 45.2 Å². The van der Waals surface area contributed by atoms with Crippen LogP contribution in [-0.2, 0) is 9.59 Å². The Kier molecular flexibility index (Phi) is 6.15. The van der Waals surface area contributed by atoms with Gasteiger partial charge in [0.2, 0.25) is 11.8 Å². The Morgan fingerprint density at radius 3 is 2.64 bits per heavy atom. The molecule has 0 unspecified atom stereocenters. The quantitative estimate of drug-likeness (QED) is 0.441. The minimum atomic E-state index is -0.589. The smallest absolute Gasteiger partial charge is 0.239 e. The maximum absolute atomic E-state index is 12.6. The van der Waals surface area contributed by atoms with Crippen molar-refractivity contribution < 1.29 is 9.59 Å². The summed E-state index contributed by atoms with van der Waals surface area (Å²) in [6.07, 6.45) is 0.553. The monoisotopic (exact) mass is 418 g/mol. The second-order valence-electron chi connectivity index (χ2n) is 5.74. The number of carbonyl (C=O) groups excluding carboxylic acids is 2. The van der Waals surface area contributed by atoms with Gasteiger partial charge in [0, 0.05) is 28.2 Å². The zero-order valence-electron chi connectivity index (χ0n) is 13.7. The molecule has 0 aliphatic carbocycles. The molecule has 1 fully saturated rings. The number of nitrogens with one attached hydrogen (secondary N) is 1. The van der Waals surface area contributed by atoms with Crippen LogP contribution in [0.4, 0.5) is 5.69 Å². The third-order valence-corrected chi connectivity index (χ3v) is 5.76. The van der Waals surface area contributed by atoms with E-state index in [-0.39, 0.29) is 11.8 Å². The molecule has 0 bridgehead atoms. The second kappa shape index (κ2) is 8.54. The number of rotatable bonds is 6. The molecule has 1 saturated heterocycles. The van der Waals surface area contributed by atoms with Gasteiger partial charge in [-0.25, -0.2) is 0 Å². The van der Waals surface area contributed by atoms with Crippen LogP contribution in [0.5, 0.6) is 0 Å². The molecular formula is C19H19BrN2O2S. The number of carbonyl (C=O) groups is 2. The number of thioether (sulfide) groups is 1. The summed E-state index contributed by atoms with van der Waals surface area (Å²) in [5.74, 6) is -0.105. The van der Waals surface area contributed by atoms with Gasteiger partial charge < -0.3 is 10.2 Å². The summed E-state index contributed by atoms with van der Waals surface area (Å²) in [5.41, 5.74) is 0.822. The Balaban J connectivity index is 1.50. The summed E-state index contributed by atoms with van der Waals surface area (Å²) in [7, 11) is 0. The van der Waals surface area contributed by atoms with Crippen molar-refractivity contribution in [2.45, 2.75) is 11.3 Å². The molecule has 2 aromatic rings. The Morgan fingerprint density at radius 2 is 1.88 bits per heavy atom. The number of amides is 2. The van der Waals surface area contributed by atoms with E-state index in [1.165, 1.54) is 4.90 Å². The van der Waals surface area contributed by atoms with Crippen molar-refractivity contribution in [2.24, 2.45) is 5.92 Å². The summed E-state index contributed by atoms with van der Waals surface area (Å²) in [5, 5.41) is 2.89. The first-order valence-corrected chi connectivity index (χ1v) is 9.96. The van der Waals surface area contributed by atoms with Crippen molar-refractivity contribution in [1.82, 2.24) is 5.32 Å². The lowest BCUT2D eigenvalue weighted by atomic mass is 10.1. The van der Waals surface area contributed by atoms with Crippen LogP contribution in [0.3, 0.4) is 0 Å². The maximum Gasteiger partial charge on any atom is 0.239 e. The van der Waals surface area contributed by atoms with E-state index in [1.54, 1.807) is 16.7 Å². The lowest BCUT2D eigenvalue weighted by molar-refractivity contribution is -0.132. The minimum Gasteiger partial charge on any atom is -0.355 e. The SMILES string of the molecule is O=C(NCCSc1ccccc1)[C@@H]1CCN(c2ccccc2Br)C1=O. The standard InChI is InChI=1S/C19H19BrN2O2S/c20-16-8-4-5-9-17(16)22-12-10-15(19(22)24)18(23)21-11-13-25-14-6-2-1-3-7-14/h1-9,15H,10-13H2,(H,21,23)/t15-/m0/s1. The molecule has 1 N–H and O–H groups in total. The van der Waals surface area contributed by atoms with E-state index in [0.29, 0.717) is 19.5 Å². The molecule has 25 heavy (non-hydrogen) atoms. The van der Waals surface area contributed by atoms with E-state index in [1.807, 2.05) is 54.6 Å². The highest BCUT2D eigenvalue weighted by Gasteiger charge is 2.37. The molecule has 130 valence electrons. The van der Waals surface area contributed by atoms with E-state index in [4.69, 9.17) is 0 Å². The zero-order valence-corrected chi connectivity index (χ0v) is 16.1. The summed E-state index contributed by atoms with van der Waals surface area (Å²) in [6.45, 7) is 1.12. The zero-order chi connectivity index (χ0) is 17.6.